The maximum Gasteiger partial charge on any atom is 0.294 e. The summed E-state index contributed by atoms with van der Waals surface area (Å²) < 4.78 is 32.8. The van der Waals surface area contributed by atoms with Crippen LogP contribution in [0.15, 0.2) is 53.4 Å². The topological polar surface area (TPSA) is 123 Å². The summed E-state index contributed by atoms with van der Waals surface area (Å²) in [5.41, 5.74) is 9.28. The largest absolute Gasteiger partial charge is 0.366 e. The Labute approximate surface area is 153 Å². The second-order valence-corrected chi connectivity index (χ2v) is 7.76. The summed E-state index contributed by atoms with van der Waals surface area (Å²) >= 11 is 0. The van der Waals surface area contributed by atoms with Crippen LogP contribution in [0.1, 0.15) is 10.4 Å². The van der Waals surface area contributed by atoms with Crippen LogP contribution in [0.4, 0.5) is 0 Å². The first kappa shape index (κ1) is 15.9. The highest BCUT2D eigenvalue weighted by atomic mass is 32.2. The molecule has 1 aromatic heterocycles. The number of amides is 1. The van der Waals surface area contributed by atoms with Crippen molar-refractivity contribution in [2.24, 2.45) is 5.73 Å². The van der Waals surface area contributed by atoms with Crippen molar-refractivity contribution in [2.45, 2.75) is 4.90 Å². The summed E-state index contributed by atoms with van der Waals surface area (Å²) in [6.07, 6.45) is 0. The Morgan fingerprint density at radius 1 is 0.926 bits per heavy atom. The summed E-state index contributed by atoms with van der Waals surface area (Å²) in [4.78, 5) is 20.5. The van der Waals surface area contributed by atoms with E-state index in [-0.39, 0.29) is 4.90 Å². The lowest BCUT2D eigenvalue weighted by atomic mass is 10.0. The molecule has 7 nitrogen and oxygen atoms in total. The standard InChI is InChI=1S/C19H11N3O4S/c20-19(23)10-4-5-14-15(7-10)22-17-12-3-1-2-9-6-11(27(24,25)26)8-13(16(9)12)18(17)21-14/h1-8H,(H2,20,23)(H,24,25,26). The van der Waals surface area contributed by atoms with Crippen molar-refractivity contribution >= 4 is 37.8 Å². The van der Waals surface area contributed by atoms with E-state index in [1.807, 2.05) is 6.07 Å². The average molecular weight is 377 g/mol. The molecule has 5 rings (SSSR count). The SMILES string of the molecule is NC(=O)c1ccc2nc3c(nc2c1)-c1cccc2cc(S(=O)(=O)O)cc-3c12. The molecule has 0 atom stereocenters. The zero-order valence-electron chi connectivity index (χ0n) is 13.7. The Hall–Kier alpha value is -3.36. The molecule has 1 amide bonds. The van der Waals surface area contributed by atoms with E-state index >= 15 is 0 Å². The first-order chi connectivity index (χ1) is 12.8. The van der Waals surface area contributed by atoms with Gasteiger partial charge in [-0.1, -0.05) is 18.2 Å². The highest BCUT2D eigenvalue weighted by Gasteiger charge is 2.27. The number of benzene rings is 3. The number of fused-ring (bicyclic) bond motifs is 4. The van der Waals surface area contributed by atoms with Crippen LogP contribution in [0.3, 0.4) is 0 Å². The van der Waals surface area contributed by atoms with Crippen LogP contribution in [0.25, 0.3) is 44.3 Å². The number of nitrogens with two attached hydrogens (primary N) is 1. The zero-order valence-corrected chi connectivity index (χ0v) is 14.5. The molecule has 27 heavy (non-hydrogen) atoms. The predicted molar refractivity (Wildman–Crippen MR) is 99.8 cm³/mol. The van der Waals surface area contributed by atoms with Crippen molar-refractivity contribution in [3.05, 3.63) is 54.1 Å². The molecule has 132 valence electrons. The van der Waals surface area contributed by atoms with Gasteiger partial charge in [0.2, 0.25) is 5.91 Å². The van der Waals surface area contributed by atoms with E-state index in [1.54, 1.807) is 30.3 Å². The Kier molecular flexibility index (Phi) is 2.99. The number of aromatic nitrogens is 2. The first-order valence-electron chi connectivity index (χ1n) is 7.99. The molecule has 0 radical (unpaired) electrons. The molecular formula is C19H11N3O4S. The van der Waals surface area contributed by atoms with E-state index in [0.717, 1.165) is 10.9 Å². The summed E-state index contributed by atoms with van der Waals surface area (Å²) in [7, 11) is -4.36. The normalized spacial score (nSPS) is 12.5. The molecule has 0 saturated carbocycles. The van der Waals surface area contributed by atoms with Gasteiger partial charge in [0.1, 0.15) is 0 Å². The van der Waals surface area contributed by atoms with Gasteiger partial charge in [0.25, 0.3) is 10.1 Å². The van der Waals surface area contributed by atoms with Gasteiger partial charge in [0.05, 0.1) is 27.3 Å². The minimum absolute atomic E-state index is 0.194. The molecule has 0 aliphatic heterocycles. The second kappa shape index (κ2) is 5.09. The molecule has 3 N–H and O–H groups in total. The molecule has 1 aliphatic carbocycles. The fraction of sp³-hybridized carbons (Fsp3) is 0. The van der Waals surface area contributed by atoms with Crippen LogP contribution in [-0.4, -0.2) is 28.8 Å². The van der Waals surface area contributed by atoms with Crippen molar-refractivity contribution in [1.82, 2.24) is 9.97 Å². The highest BCUT2D eigenvalue weighted by Crippen LogP contribution is 2.46. The van der Waals surface area contributed by atoms with Crippen molar-refractivity contribution in [1.29, 1.82) is 0 Å². The third kappa shape index (κ3) is 2.24. The van der Waals surface area contributed by atoms with Gasteiger partial charge in [-0.15, -0.1) is 0 Å². The zero-order chi connectivity index (χ0) is 18.9. The Balaban J connectivity index is 1.89. The number of primary amides is 1. The molecule has 1 aliphatic rings. The fourth-order valence-corrected chi connectivity index (χ4v) is 4.06. The van der Waals surface area contributed by atoms with Gasteiger partial charge in [-0.25, -0.2) is 9.97 Å². The monoisotopic (exact) mass is 377 g/mol. The van der Waals surface area contributed by atoms with E-state index < -0.39 is 16.0 Å². The Morgan fingerprint density at radius 3 is 2.41 bits per heavy atom. The Morgan fingerprint density at radius 2 is 1.67 bits per heavy atom. The van der Waals surface area contributed by atoms with Crippen LogP contribution in [0.5, 0.6) is 0 Å². The lowest BCUT2D eigenvalue weighted by Crippen LogP contribution is -2.10. The molecular weight excluding hydrogens is 366 g/mol. The molecule has 0 spiro atoms. The predicted octanol–water partition coefficient (Wildman–Crippen LogP) is 2.78. The van der Waals surface area contributed by atoms with Gasteiger partial charge >= 0.3 is 0 Å². The second-order valence-electron chi connectivity index (χ2n) is 6.34. The van der Waals surface area contributed by atoms with E-state index in [2.05, 4.69) is 9.97 Å². The van der Waals surface area contributed by atoms with E-state index in [9.17, 15) is 17.8 Å². The van der Waals surface area contributed by atoms with Gasteiger partial charge < -0.3 is 5.73 Å². The number of rotatable bonds is 2. The average Bonchev–Trinajstić information content (AvgIpc) is 2.93. The number of carbonyl (C=O) groups excluding carboxylic acids is 1. The number of carbonyl (C=O) groups is 1. The van der Waals surface area contributed by atoms with Crippen LogP contribution in [0, 0.1) is 0 Å². The Bertz CT molecular complexity index is 1430. The van der Waals surface area contributed by atoms with Crippen LogP contribution in [0.2, 0.25) is 0 Å². The van der Waals surface area contributed by atoms with Gasteiger partial charge in [0.15, 0.2) is 0 Å². The molecule has 1 heterocycles. The maximum absolute atomic E-state index is 11.7. The van der Waals surface area contributed by atoms with Crippen LogP contribution >= 0.6 is 0 Å². The lowest BCUT2D eigenvalue weighted by Gasteiger charge is -2.05. The molecule has 8 heteroatoms. The van der Waals surface area contributed by atoms with E-state index in [0.29, 0.717) is 38.9 Å². The molecule has 0 saturated heterocycles. The smallest absolute Gasteiger partial charge is 0.294 e. The number of hydrogen-bond donors (Lipinski definition) is 2. The third-order valence-corrected chi connectivity index (χ3v) is 5.54. The summed E-state index contributed by atoms with van der Waals surface area (Å²) in [6, 6.07) is 13.1. The number of hydrogen-bond acceptors (Lipinski definition) is 5. The van der Waals surface area contributed by atoms with Crippen molar-refractivity contribution in [2.75, 3.05) is 0 Å². The van der Waals surface area contributed by atoms with E-state index in [1.165, 1.54) is 12.1 Å². The van der Waals surface area contributed by atoms with Crippen molar-refractivity contribution in [3.63, 3.8) is 0 Å². The van der Waals surface area contributed by atoms with E-state index in [4.69, 9.17) is 5.73 Å². The highest BCUT2D eigenvalue weighted by molar-refractivity contribution is 7.85. The lowest BCUT2D eigenvalue weighted by molar-refractivity contribution is 0.100. The molecule has 4 aromatic rings. The number of nitrogens with zero attached hydrogens (tertiary/aromatic N) is 2. The van der Waals surface area contributed by atoms with Crippen molar-refractivity contribution in [3.8, 4) is 22.5 Å². The van der Waals surface area contributed by atoms with Gasteiger partial charge in [-0.05, 0) is 35.7 Å². The molecule has 0 bridgehead atoms. The summed E-state index contributed by atoms with van der Waals surface area (Å²) in [6.45, 7) is 0. The van der Waals surface area contributed by atoms with Gasteiger partial charge in [-0.2, -0.15) is 8.42 Å². The third-order valence-electron chi connectivity index (χ3n) is 4.71. The van der Waals surface area contributed by atoms with Crippen LogP contribution < -0.4 is 5.73 Å². The molecule has 0 fully saturated rings. The van der Waals surface area contributed by atoms with Crippen LogP contribution in [-0.2, 0) is 10.1 Å². The molecule has 0 unspecified atom stereocenters. The van der Waals surface area contributed by atoms with Crippen molar-refractivity contribution < 1.29 is 17.8 Å². The summed E-state index contributed by atoms with van der Waals surface area (Å²) in [5, 5.41) is 1.49. The first-order valence-corrected chi connectivity index (χ1v) is 9.43. The quantitative estimate of drug-likeness (QED) is 0.456. The summed E-state index contributed by atoms with van der Waals surface area (Å²) in [5.74, 6) is -0.553. The van der Waals surface area contributed by atoms with Gasteiger partial charge in [-0.3, -0.25) is 9.35 Å². The fourth-order valence-electron chi connectivity index (χ4n) is 3.52. The minimum Gasteiger partial charge on any atom is -0.366 e. The molecule has 3 aromatic carbocycles. The van der Waals surface area contributed by atoms with Gasteiger partial charge in [0, 0.05) is 22.1 Å². The minimum atomic E-state index is -4.36. The maximum atomic E-state index is 11.7.